The number of likely N-dealkylation sites (N-methyl/N-ethyl adjacent to an activating group) is 1. The van der Waals surface area contributed by atoms with Gasteiger partial charge in [-0.2, -0.15) is 0 Å². The van der Waals surface area contributed by atoms with Crippen LogP contribution in [0.25, 0.3) is 22.6 Å². The largest absolute Gasteiger partial charge is 0.403 e. The number of nitrogens with one attached hydrogen (secondary N) is 1. The Kier molecular flexibility index (Phi) is 6.40. The van der Waals surface area contributed by atoms with Crippen molar-refractivity contribution in [3.63, 3.8) is 0 Å². The number of aliphatic hydroxyl groups is 1. The first-order valence-electron chi connectivity index (χ1n) is 10.3. The van der Waals surface area contributed by atoms with Gasteiger partial charge in [0.1, 0.15) is 0 Å². The molecule has 0 saturated carbocycles. The molecule has 0 aliphatic heterocycles. The number of rotatable bonds is 8. The Hall–Kier alpha value is -3.48. The second-order valence-electron chi connectivity index (χ2n) is 7.54. The number of hydrogen-bond acceptors (Lipinski definition) is 6. The van der Waals surface area contributed by atoms with E-state index < -0.39 is 0 Å². The van der Waals surface area contributed by atoms with Crippen molar-refractivity contribution in [1.29, 1.82) is 0 Å². The Morgan fingerprint density at radius 1 is 0.935 bits per heavy atom. The van der Waals surface area contributed by atoms with Crippen molar-refractivity contribution in [2.45, 2.75) is 13.5 Å². The van der Waals surface area contributed by atoms with Gasteiger partial charge in [-0.05, 0) is 54.4 Å². The first kappa shape index (κ1) is 20.8. The van der Waals surface area contributed by atoms with Crippen LogP contribution in [0.5, 0.6) is 0 Å². The third kappa shape index (κ3) is 4.99. The first-order valence-corrected chi connectivity index (χ1v) is 10.3. The smallest absolute Gasteiger partial charge is 0.320 e. The second kappa shape index (κ2) is 9.55. The van der Waals surface area contributed by atoms with E-state index in [1.807, 2.05) is 55.6 Å². The minimum atomic E-state index is 0.143. The fourth-order valence-electron chi connectivity index (χ4n) is 3.61. The van der Waals surface area contributed by atoms with Crippen molar-refractivity contribution < 1.29 is 9.52 Å². The molecule has 2 N–H and O–H groups in total. The number of benzene rings is 3. The van der Waals surface area contributed by atoms with Gasteiger partial charge in [-0.3, -0.25) is 4.90 Å². The van der Waals surface area contributed by atoms with E-state index in [-0.39, 0.29) is 6.61 Å². The van der Waals surface area contributed by atoms with E-state index in [9.17, 15) is 0 Å². The van der Waals surface area contributed by atoms with Crippen molar-refractivity contribution in [3.05, 3.63) is 83.9 Å². The van der Waals surface area contributed by atoms with Crippen LogP contribution in [0.1, 0.15) is 11.1 Å². The van der Waals surface area contributed by atoms with Gasteiger partial charge in [0.25, 0.3) is 0 Å². The van der Waals surface area contributed by atoms with Crippen LogP contribution in [0.15, 0.2) is 77.2 Å². The van der Waals surface area contributed by atoms with Crippen molar-refractivity contribution in [2.75, 3.05) is 25.5 Å². The van der Waals surface area contributed by atoms with Gasteiger partial charge >= 0.3 is 6.01 Å². The lowest BCUT2D eigenvalue weighted by Crippen LogP contribution is -2.21. The third-order valence-corrected chi connectivity index (χ3v) is 5.19. The molecule has 0 atom stereocenters. The summed E-state index contributed by atoms with van der Waals surface area (Å²) in [6.45, 7) is 3.59. The molecule has 1 heterocycles. The zero-order valence-corrected chi connectivity index (χ0v) is 17.7. The van der Waals surface area contributed by atoms with Crippen LogP contribution in [0.3, 0.4) is 0 Å². The minimum Gasteiger partial charge on any atom is -0.403 e. The number of anilines is 2. The Morgan fingerprint density at radius 2 is 1.71 bits per heavy atom. The minimum absolute atomic E-state index is 0.143. The number of aliphatic hydroxyl groups excluding tert-OH is 1. The van der Waals surface area contributed by atoms with Crippen LogP contribution >= 0.6 is 0 Å². The van der Waals surface area contributed by atoms with E-state index in [1.54, 1.807) is 0 Å². The Morgan fingerprint density at radius 3 is 2.52 bits per heavy atom. The molecule has 3 aromatic carbocycles. The van der Waals surface area contributed by atoms with E-state index >= 15 is 0 Å². The molecule has 0 radical (unpaired) electrons. The molecule has 4 rings (SSSR count). The summed E-state index contributed by atoms with van der Waals surface area (Å²) in [7, 11) is 1.98. The van der Waals surface area contributed by atoms with Crippen LogP contribution in [0.4, 0.5) is 11.7 Å². The SMILES string of the molecule is Cc1c(-c2ccccc2)cccc1-c1nnc(Nc2cccc(CN(C)CCO)c2)o1. The fourth-order valence-corrected chi connectivity index (χ4v) is 3.61. The van der Waals surface area contributed by atoms with Crippen LogP contribution in [0, 0.1) is 6.92 Å². The maximum Gasteiger partial charge on any atom is 0.320 e. The zero-order valence-electron chi connectivity index (χ0n) is 17.7. The molecular weight excluding hydrogens is 388 g/mol. The molecule has 6 heteroatoms. The summed E-state index contributed by atoms with van der Waals surface area (Å²) >= 11 is 0. The highest BCUT2D eigenvalue weighted by Gasteiger charge is 2.14. The summed E-state index contributed by atoms with van der Waals surface area (Å²) in [6.07, 6.45) is 0. The van der Waals surface area contributed by atoms with E-state index in [0.29, 0.717) is 18.5 Å². The monoisotopic (exact) mass is 414 g/mol. The molecule has 31 heavy (non-hydrogen) atoms. The first-order chi connectivity index (χ1) is 15.1. The molecule has 0 spiro atoms. The average molecular weight is 415 g/mol. The van der Waals surface area contributed by atoms with Gasteiger partial charge in [0, 0.05) is 24.3 Å². The fraction of sp³-hybridized carbons (Fsp3) is 0.200. The topological polar surface area (TPSA) is 74.4 Å². The van der Waals surface area contributed by atoms with E-state index in [4.69, 9.17) is 9.52 Å². The van der Waals surface area contributed by atoms with Crippen LogP contribution in [0.2, 0.25) is 0 Å². The maximum atomic E-state index is 9.08. The maximum absolute atomic E-state index is 9.08. The summed E-state index contributed by atoms with van der Waals surface area (Å²) in [5.74, 6) is 0.483. The molecular formula is C25H26N4O2. The predicted molar refractivity (Wildman–Crippen MR) is 123 cm³/mol. The van der Waals surface area contributed by atoms with Crippen molar-refractivity contribution >= 4 is 11.7 Å². The number of aromatic nitrogens is 2. The summed E-state index contributed by atoms with van der Waals surface area (Å²) in [5.41, 5.74) is 6.32. The molecule has 0 bridgehead atoms. The Balaban J connectivity index is 1.53. The molecule has 0 unspecified atom stereocenters. The highest BCUT2D eigenvalue weighted by Crippen LogP contribution is 2.32. The molecule has 0 aliphatic rings. The highest BCUT2D eigenvalue weighted by atomic mass is 16.4. The van der Waals surface area contributed by atoms with Crippen LogP contribution in [-0.4, -0.2) is 40.4 Å². The summed E-state index contributed by atoms with van der Waals surface area (Å²) in [5, 5.41) is 20.7. The molecule has 0 saturated heterocycles. The summed E-state index contributed by atoms with van der Waals surface area (Å²) in [4.78, 5) is 2.06. The Labute approximate surface area is 182 Å². The van der Waals surface area contributed by atoms with Crippen LogP contribution in [-0.2, 0) is 6.54 Å². The van der Waals surface area contributed by atoms with E-state index in [0.717, 1.165) is 40.0 Å². The van der Waals surface area contributed by atoms with Gasteiger partial charge in [-0.15, -0.1) is 5.10 Å². The van der Waals surface area contributed by atoms with E-state index in [2.05, 4.69) is 51.6 Å². The molecule has 0 aliphatic carbocycles. The second-order valence-corrected chi connectivity index (χ2v) is 7.54. The number of hydrogen-bond donors (Lipinski definition) is 2. The third-order valence-electron chi connectivity index (χ3n) is 5.19. The molecule has 6 nitrogen and oxygen atoms in total. The van der Waals surface area contributed by atoms with Gasteiger partial charge < -0.3 is 14.8 Å². The van der Waals surface area contributed by atoms with Crippen molar-refractivity contribution in [2.24, 2.45) is 0 Å². The molecule has 0 fully saturated rings. The summed E-state index contributed by atoms with van der Waals surface area (Å²) < 4.78 is 5.93. The van der Waals surface area contributed by atoms with Gasteiger partial charge in [-0.25, -0.2) is 0 Å². The lowest BCUT2D eigenvalue weighted by molar-refractivity contribution is 0.217. The Bertz CT molecular complexity index is 1140. The standard InChI is InChI=1S/C25H26N4O2/c1-18-22(20-9-4-3-5-10-20)12-7-13-23(18)24-27-28-25(31-24)26-21-11-6-8-19(16-21)17-29(2)14-15-30/h3-13,16,30H,14-15,17H2,1-2H3,(H,26,28). The summed E-state index contributed by atoms with van der Waals surface area (Å²) in [6, 6.07) is 24.8. The zero-order chi connectivity index (χ0) is 21.6. The van der Waals surface area contributed by atoms with Crippen molar-refractivity contribution in [3.8, 4) is 22.6 Å². The van der Waals surface area contributed by atoms with Gasteiger partial charge in [0.05, 0.1) is 6.61 Å². The number of nitrogens with zero attached hydrogens (tertiary/aromatic N) is 3. The lowest BCUT2D eigenvalue weighted by Gasteiger charge is -2.15. The molecule has 0 amide bonds. The van der Waals surface area contributed by atoms with Crippen LogP contribution < -0.4 is 5.32 Å². The predicted octanol–water partition coefficient (Wildman–Crippen LogP) is 4.88. The van der Waals surface area contributed by atoms with Gasteiger partial charge in [-0.1, -0.05) is 59.7 Å². The van der Waals surface area contributed by atoms with Gasteiger partial charge in [0.15, 0.2) is 0 Å². The normalized spacial score (nSPS) is 11.1. The van der Waals surface area contributed by atoms with E-state index in [1.165, 1.54) is 0 Å². The average Bonchev–Trinajstić information content (AvgIpc) is 3.23. The lowest BCUT2D eigenvalue weighted by atomic mass is 9.96. The molecule has 1 aromatic heterocycles. The molecule has 158 valence electrons. The highest BCUT2D eigenvalue weighted by molar-refractivity contribution is 5.75. The van der Waals surface area contributed by atoms with Gasteiger partial charge in [0.2, 0.25) is 5.89 Å². The quantitative estimate of drug-likeness (QED) is 0.428. The van der Waals surface area contributed by atoms with Crippen molar-refractivity contribution in [1.82, 2.24) is 15.1 Å². The molecule has 4 aromatic rings.